The summed E-state index contributed by atoms with van der Waals surface area (Å²) in [7, 11) is 0. The molecule has 0 aliphatic heterocycles. The number of anilines is 5. The molecule has 44 heteroatoms. The fourth-order valence-corrected chi connectivity index (χ4v) is 11.9. The summed E-state index contributed by atoms with van der Waals surface area (Å²) in [4.78, 5) is 80.0. The highest BCUT2D eigenvalue weighted by Gasteiger charge is 2.27. The van der Waals surface area contributed by atoms with Crippen molar-refractivity contribution in [1.29, 1.82) is 0 Å². The van der Waals surface area contributed by atoms with Crippen LogP contribution in [0.25, 0.3) is 56.6 Å². The Morgan fingerprint density at radius 1 is 0.419 bits per heavy atom. The van der Waals surface area contributed by atoms with Crippen molar-refractivity contribution in [3.63, 3.8) is 0 Å². The van der Waals surface area contributed by atoms with Gasteiger partial charge in [0.25, 0.3) is 25.7 Å². The maximum Gasteiger partial charge on any atom is 0.340 e. The molecular weight excluding hydrogens is 1800 g/mol. The van der Waals surface area contributed by atoms with Crippen LogP contribution in [0.1, 0.15) is 106 Å². The second-order valence-electron chi connectivity index (χ2n) is 25.6. The van der Waals surface area contributed by atoms with Crippen LogP contribution in [0, 0.1) is 17.5 Å². The van der Waals surface area contributed by atoms with Crippen LogP contribution >= 0.6 is 27.5 Å². The summed E-state index contributed by atoms with van der Waals surface area (Å²) in [6.07, 6.45) is 2.85. The Kier molecular flexibility index (Phi) is 31.4. The Morgan fingerprint density at radius 2 is 0.783 bits per heavy atom. The number of para-hydroxylation sites is 2. The molecule has 0 aliphatic rings. The number of esters is 3. The fraction of sp³-hybridized carbons (Fsp3) is 0.129. The van der Waals surface area contributed by atoms with Gasteiger partial charge in [-0.1, -0.05) is 60.7 Å². The smallest absolute Gasteiger partial charge is 0.340 e. The molecule has 15 aromatic heterocycles. The van der Waals surface area contributed by atoms with Gasteiger partial charge in [-0.15, -0.1) is 20.4 Å². The number of carbonyl (C=O) groups is 3. The van der Waals surface area contributed by atoms with E-state index in [0.29, 0.717) is 43.8 Å². The largest absolute Gasteiger partial charge is 0.462 e. The number of ether oxygens (including phenoxy) is 5. The number of nitrogens with one attached hydrogen (secondary N) is 2. The number of nitrogen functional groups attached to an aromatic ring is 1. The number of rotatable bonds is 22. The van der Waals surface area contributed by atoms with Crippen LogP contribution in [-0.4, -0.2) is 136 Å². The summed E-state index contributed by atoms with van der Waals surface area (Å²) >= 11 is 8.89. The third kappa shape index (κ3) is 23.7. The maximum absolute atomic E-state index is 14.2. The molecule has 660 valence electrons. The van der Waals surface area contributed by atoms with Crippen LogP contribution in [-0.2, 0) is 20.8 Å². The molecule has 15 heterocycles. The van der Waals surface area contributed by atoms with Gasteiger partial charge in [0.15, 0.2) is 29.1 Å². The minimum atomic E-state index is -2.77. The molecule has 2 aromatic carbocycles. The summed E-state index contributed by atoms with van der Waals surface area (Å²) in [6, 6.07) is 45.2. The third-order valence-corrected chi connectivity index (χ3v) is 17.7. The molecule has 129 heavy (non-hydrogen) atoms. The standard InChI is InChI=1S/C21H16F2N4O3.C20H15F3N6O2.C18H13F3N6O.C15H12ClN3O3.C6H4BrF2N.C5H5FN2/c1-2-29-21(28)14-11-12-27-17(14)20(30-13-7-4-3-5-8-13)25-19(26-27)16-10-6-9-15(24-16)18(22)23;1-2-31-20(30)11-7-9-29-16(11)19(26-13-6-8-24-10-12(13)21)27-18(28-29)15-5-3-4-14(25-15)17(22)23;19-11-8-22-6-4-12(11)24-18-15-10(9-28)5-7-27(15)26-17(25-18)14-3-1-2-13(23-14)16(20)21;1-2-21-14(20)11-8-9-19-12(11)13(17-15(16)18-19)22-10-6-4-3-5-7-10;7-5-3-1-2-4(10-5)6(8)9;6-4-3-8-2-1-5(4)7/h3-12,18H,2H2,1H3;3-10,17H,2H2,1H3,(H,24,26,27,28);1-8,16,28H,9H2,(H,22,24,25,26);3-9H,2H2,1H3;1-3,6H;1-3H,(H2,7,8). The summed E-state index contributed by atoms with van der Waals surface area (Å²) in [6.45, 7) is 5.46. The predicted octanol–water partition coefficient (Wildman–Crippen LogP) is 19.3. The van der Waals surface area contributed by atoms with Crippen molar-refractivity contribution >= 4 is 96.2 Å². The zero-order chi connectivity index (χ0) is 91.8. The fourth-order valence-electron chi connectivity index (χ4n) is 11.4. The van der Waals surface area contributed by atoms with Crippen molar-refractivity contribution in [1.82, 2.24) is 93.3 Å². The van der Waals surface area contributed by atoms with Crippen LogP contribution in [0.3, 0.4) is 0 Å². The zero-order valence-corrected chi connectivity index (χ0v) is 69.2. The van der Waals surface area contributed by atoms with Crippen molar-refractivity contribution < 1.29 is 91.5 Å². The van der Waals surface area contributed by atoms with Crippen molar-refractivity contribution in [2.45, 2.75) is 53.1 Å². The molecule has 0 unspecified atom stereocenters. The number of nitrogens with zero attached hydrogens (tertiary/aromatic N) is 19. The van der Waals surface area contributed by atoms with Gasteiger partial charge >= 0.3 is 17.9 Å². The van der Waals surface area contributed by atoms with Crippen LogP contribution in [0.2, 0.25) is 5.28 Å². The molecule has 5 N–H and O–H groups in total. The van der Waals surface area contributed by atoms with Gasteiger partial charge in [0.05, 0.1) is 78.8 Å². The molecule has 0 saturated carbocycles. The highest BCUT2D eigenvalue weighted by atomic mass is 79.9. The van der Waals surface area contributed by atoms with E-state index in [1.165, 1.54) is 140 Å². The second kappa shape index (κ2) is 43.8. The van der Waals surface area contributed by atoms with E-state index in [-0.39, 0.29) is 135 Å². The summed E-state index contributed by atoms with van der Waals surface area (Å²) in [5.41, 5.74) is 6.92. The van der Waals surface area contributed by atoms with Gasteiger partial charge in [-0.25, -0.2) is 111 Å². The first-order valence-electron chi connectivity index (χ1n) is 37.8. The number of pyridine rings is 7. The maximum atomic E-state index is 14.2. The van der Waals surface area contributed by atoms with Gasteiger partial charge < -0.3 is 45.2 Å². The van der Waals surface area contributed by atoms with Crippen LogP contribution < -0.4 is 25.8 Å². The predicted molar refractivity (Wildman–Crippen MR) is 449 cm³/mol. The Morgan fingerprint density at radius 3 is 1.17 bits per heavy atom. The van der Waals surface area contributed by atoms with Gasteiger partial charge in [-0.2, -0.15) is 9.97 Å². The highest BCUT2D eigenvalue weighted by Crippen LogP contribution is 2.35. The summed E-state index contributed by atoms with van der Waals surface area (Å²) in [5.74, 6) is -1.63. The number of aliphatic hydroxyl groups excluding tert-OH is 1. The lowest BCUT2D eigenvalue weighted by Gasteiger charge is -2.12. The lowest BCUT2D eigenvalue weighted by atomic mass is 10.2. The number of hydrogen-bond donors (Lipinski definition) is 4. The number of aliphatic hydroxyl groups is 1. The average molecular weight is 1860 g/mol. The monoisotopic (exact) mass is 1860 g/mol. The van der Waals surface area contributed by atoms with Crippen molar-refractivity contribution in [3.8, 4) is 57.8 Å². The van der Waals surface area contributed by atoms with Gasteiger partial charge in [0.2, 0.25) is 34.5 Å². The lowest BCUT2D eigenvalue weighted by molar-refractivity contribution is 0.0519. The third-order valence-electron chi connectivity index (χ3n) is 17.1. The molecular formula is C85H65BrClF11N22O9. The number of hydrogen-bond acceptors (Lipinski definition) is 27. The molecule has 0 radical (unpaired) electrons. The van der Waals surface area contributed by atoms with E-state index in [2.05, 4.69) is 102 Å². The van der Waals surface area contributed by atoms with E-state index in [9.17, 15) is 67.8 Å². The number of fused-ring (bicyclic) bond motifs is 4. The first-order chi connectivity index (χ1) is 62.3. The Bertz CT molecular complexity index is 6740. The van der Waals surface area contributed by atoms with E-state index in [1.807, 2.05) is 24.3 Å². The van der Waals surface area contributed by atoms with E-state index in [4.69, 9.17) is 41.0 Å². The van der Waals surface area contributed by atoms with Gasteiger partial charge in [0, 0.05) is 48.9 Å². The first kappa shape index (κ1) is 92.5. The normalized spacial score (nSPS) is 10.9. The van der Waals surface area contributed by atoms with Crippen molar-refractivity contribution in [2.24, 2.45) is 0 Å². The van der Waals surface area contributed by atoms with E-state index in [1.54, 1.807) is 94.0 Å². The van der Waals surface area contributed by atoms with Crippen LogP contribution in [0.5, 0.6) is 23.3 Å². The topological polar surface area (TPSA) is 379 Å². The van der Waals surface area contributed by atoms with E-state index < -0.39 is 72.4 Å². The van der Waals surface area contributed by atoms with Crippen molar-refractivity contribution in [2.75, 3.05) is 36.2 Å². The number of alkyl halides is 8. The molecule has 17 aromatic rings. The molecule has 0 aliphatic carbocycles. The highest BCUT2D eigenvalue weighted by molar-refractivity contribution is 9.10. The molecule has 0 saturated heterocycles. The number of benzene rings is 2. The van der Waals surface area contributed by atoms with E-state index >= 15 is 0 Å². The van der Waals surface area contributed by atoms with Crippen LogP contribution in [0.15, 0.2) is 242 Å². The van der Waals surface area contributed by atoms with Gasteiger partial charge in [-0.05, 0) is 164 Å². The second-order valence-corrected chi connectivity index (χ2v) is 26.8. The van der Waals surface area contributed by atoms with Gasteiger partial charge in [-0.3, -0.25) is 15.0 Å². The molecule has 0 atom stereocenters. The summed E-state index contributed by atoms with van der Waals surface area (Å²) < 4.78 is 175. The Labute approximate surface area is 734 Å². The SMILES string of the molecule is CCOC(=O)c1ccn2nc(-c3cccc(C(F)F)n3)nc(Nc3ccncc3F)c12.CCOC(=O)c1ccn2nc(-c3cccc(C(F)F)n3)nc(Oc3ccccc3)c12.CCOC(=O)c1ccn2nc(Cl)nc(Oc3ccccc3)c12.FC(F)c1cccc(Br)n1.Nc1ccncc1F.OCc1ccn2nc(-c3cccc(C(F)F)n3)nc(Nc3ccncc3F)c12. The number of carbonyl (C=O) groups excluding carboxylic acids is 3. The lowest BCUT2D eigenvalue weighted by Crippen LogP contribution is -2.09. The van der Waals surface area contributed by atoms with Crippen LogP contribution in [0.4, 0.5) is 77.0 Å². The zero-order valence-electron chi connectivity index (χ0n) is 66.9. The van der Waals surface area contributed by atoms with Crippen molar-refractivity contribution in [3.05, 3.63) is 310 Å². The average Bonchev–Trinajstić information content (AvgIpc) is 1.67. The number of aromatic nitrogens is 19. The first-order valence-corrected chi connectivity index (χ1v) is 39.0. The minimum absolute atomic E-state index is 0.00188. The molecule has 0 spiro atoms. The van der Waals surface area contributed by atoms with Gasteiger partial charge in [0.1, 0.15) is 78.0 Å². The van der Waals surface area contributed by atoms with E-state index in [0.717, 1.165) is 18.6 Å². The molecule has 31 nitrogen and oxygen atoms in total. The molecule has 0 amide bonds. The molecule has 17 rings (SSSR count). The number of halogens is 13. The Hall–Kier alpha value is -15.7. The quantitative estimate of drug-likeness (QED) is 0.0212. The Balaban J connectivity index is 0.000000147. The summed E-state index contributed by atoms with van der Waals surface area (Å²) in [5, 5.41) is 32.2. The molecule has 0 bridgehead atoms. The molecule has 0 fully saturated rings. The number of nitrogens with two attached hydrogens (primary N) is 1. The minimum Gasteiger partial charge on any atom is -0.462 e.